The highest BCUT2D eigenvalue weighted by Gasteiger charge is 2.41. The molecule has 4 nitrogen and oxygen atoms in total. The number of nitrogens with zero attached hydrogens (tertiary/aromatic N) is 2. The quantitative estimate of drug-likeness (QED) is 0.896. The smallest absolute Gasteiger partial charge is 0.349 e. The third kappa shape index (κ3) is 3.40. The fourth-order valence-electron chi connectivity index (χ4n) is 2.56. The summed E-state index contributed by atoms with van der Waals surface area (Å²) in [4.78, 5) is 12.3. The van der Waals surface area contributed by atoms with E-state index in [1.54, 1.807) is 6.92 Å². The first-order chi connectivity index (χ1) is 11.3. The molecule has 1 amide bonds. The summed E-state index contributed by atoms with van der Waals surface area (Å²) in [5, 5.41) is 6.79. The van der Waals surface area contributed by atoms with Crippen LogP contribution in [0.15, 0.2) is 30.5 Å². The lowest BCUT2D eigenvalue weighted by molar-refractivity contribution is -0.143. The Hall–Kier alpha value is -2.02. The average Bonchev–Trinajstić information content (AvgIpc) is 3.25. The number of nitrogens with one attached hydrogen (secondary N) is 1. The number of benzene rings is 1. The number of aromatic nitrogens is 2. The molecule has 1 heterocycles. The van der Waals surface area contributed by atoms with Gasteiger partial charge < -0.3 is 5.32 Å². The number of halogens is 4. The van der Waals surface area contributed by atoms with Crippen LogP contribution in [0.5, 0.6) is 0 Å². The summed E-state index contributed by atoms with van der Waals surface area (Å²) in [6.45, 7) is 1.80. The van der Waals surface area contributed by atoms with E-state index >= 15 is 0 Å². The Morgan fingerprint density at radius 2 is 1.96 bits per heavy atom. The van der Waals surface area contributed by atoms with Gasteiger partial charge in [-0.05, 0) is 49.9 Å². The van der Waals surface area contributed by atoms with Crippen LogP contribution < -0.4 is 5.32 Å². The second-order valence-electron chi connectivity index (χ2n) is 5.89. The Morgan fingerprint density at radius 1 is 1.33 bits per heavy atom. The van der Waals surface area contributed by atoms with E-state index in [0.29, 0.717) is 15.6 Å². The molecule has 1 atom stereocenters. The molecular weight excluding hydrogens is 343 g/mol. The van der Waals surface area contributed by atoms with E-state index in [-0.39, 0.29) is 11.7 Å². The molecule has 1 fully saturated rings. The highest BCUT2D eigenvalue weighted by atomic mass is 35.5. The van der Waals surface area contributed by atoms with Gasteiger partial charge in [-0.15, -0.1) is 0 Å². The fraction of sp³-hybridized carbons (Fsp3) is 0.375. The van der Waals surface area contributed by atoms with Gasteiger partial charge in [-0.25, -0.2) is 4.68 Å². The zero-order chi connectivity index (χ0) is 17.5. The Morgan fingerprint density at radius 3 is 2.50 bits per heavy atom. The third-order valence-electron chi connectivity index (χ3n) is 4.04. The van der Waals surface area contributed by atoms with Crippen molar-refractivity contribution >= 4 is 17.5 Å². The number of carbonyl (C=O) groups is 1. The Bertz CT molecular complexity index is 751. The van der Waals surface area contributed by atoms with Gasteiger partial charge in [-0.3, -0.25) is 4.79 Å². The molecule has 0 spiro atoms. The van der Waals surface area contributed by atoms with Gasteiger partial charge in [-0.1, -0.05) is 11.6 Å². The van der Waals surface area contributed by atoms with Crippen LogP contribution in [0.4, 0.5) is 13.2 Å². The summed E-state index contributed by atoms with van der Waals surface area (Å²) in [6, 6.07) is 5.61. The number of amides is 1. The molecule has 128 valence electrons. The Balaban J connectivity index is 1.97. The summed E-state index contributed by atoms with van der Waals surface area (Å²) < 4.78 is 41.2. The maximum Gasteiger partial charge on any atom is 0.434 e. The third-order valence-corrected chi connectivity index (χ3v) is 4.29. The maximum atomic E-state index is 13.5. The van der Waals surface area contributed by atoms with Crippen LogP contribution in [-0.2, 0) is 6.18 Å². The molecule has 8 heteroatoms. The van der Waals surface area contributed by atoms with Crippen LogP contribution >= 0.6 is 11.6 Å². The van der Waals surface area contributed by atoms with Crippen molar-refractivity contribution < 1.29 is 18.0 Å². The Kier molecular flexibility index (Phi) is 4.29. The molecule has 1 aliphatic carbocycles. The number of alkyl halides is 3. The van der Waals surface area contributed by atoms with Gasteiger partial charge in [0.15, 0.2) is 5.69 Å². The van der Waals surface area contributed by atoms with Crippen molar-refractivity contribution in [3.05, 3.63) is 46.7 Å². The zero-order valence-electron chi connectivity index (χ0n) is 12.8. The van der Waals surface area contributed by atoms with Crippen molar-refractivity contribution in [2.45, 2.75) is 32.0 Å². The molecule has 1 N–H and O–H groups in total. The van der Waals surface area contributed by atoms with Gasteiger partial charge >= 0.3 is 6.18 Å². The largest absolute Gasteiger partial charge is 0.434 e. The lowest BCUT2D eigenvalue weighted by Gasteiger charge is -2.15. The molecule has 24 heavy (non-hydrogen) atoms. The molecule has 2 aromatic rings. The molecule has 0 radical (unpaired) electrons. The predicted octanol–water partition coefficient (Wildman–Crippen LogP) is 4.07. The van der Waals surface area contributed by atoms with Crippen molar-refractivity contribution in [2.75, 3.05) is 0 Å². The normalized spacial score (nSPS) is 16.0. The van der Waals surface area contributed by atoms with Gasteiger partial charge in [0, 0.05) is 11.1 Å². The SMILES string of the molecule is CC(NC(=O)c1cnn(-c2ccc(Cl)cc2)c1C(F)(F)F)C1CC1. The molecule has 1 unspecified atom stereocenters. The van der Waals surface area contributed by atoms with E-state index < -0.39 is 23.3 Å². The lowest BCUT2D eigenvalue weighted by atomic mass is 10.1. The van der Waals surface area contributed by atoms with E-state index in [2.05, 4.69) is 10.4 Å². The van der Waals surface area contributed by atoms with Crippen molar-refractivity contribution in [1.29, 1.82) is 0 Å². The second kappa shape index (κ2) is 6.12. The van der Waals surface area contributed by atoms with Crippen molar-refractivity contribution in [3.63, 3.8) is 0 Å². The molecule has 3 rings (SSSR count). The summed E-state index contributed by atoms with van der Waals surface area (Å²) >= 11 is 5.76. The van der Waals surface area contributed by atoms with Gasteiger partial charge in [0.25, 0.3) is 5.91 Å². The van der Waals surface area contributed by atoms with E-state index in [9.17, 15) is 18.0 Å². The van der Waals surface area contributed by atoms with Gasteiger partial charge in [0.2, 0.25) is 0 Å². The monoisotopic (exact) mass is 357 g/mol. The van der Waals surface area contributed by atoms with Gasteiger partial charge in [0.1, 0.15) is 0 Å². The average molecular weight is 358 g/mol. The topological polar surface area (TPSA) is 46.9 Å². The lowest BCUT2D eigenvalue weighted by Crippen LogP contribution is -2.35. The van der Waals surface area contributed by atoms with Crippen molar-refractivity contribution in [3.8, 4) is 5.69 Å². The predicted molar refractivity (Wildman–Crippen MR) is 83.2 cm³/mol. The van der Waals surface area contributed by atoms with Crippen LogP contribution in [-0.4, -0.2) is 21.7 Å². The minimum atomic E-state index is -4.72. The molecule has 1 aromatic heterocycles. The first kappa shape index (κ1) is 16.8. The van der Waals surface area contributed by atoms with Crippen molar-refractivity contribution in [1.82, 2.24) is 15.1 Å². The van der Waals surface area contributed by atoms with Crippen LogP contribution in [0.1, 0.15) is 35.8 Å². The minimum Gasteiger partial charge on any atom is -0.349 e. The zero-order valence-corrected chi connectivity index (χ0v) is 13.5. The first-order valence-corrected chi connectivity index (χ1v) is 7.87. The van der Waals surface area contributed by atoms with E-state index in [1.165, 1.54) is 24.3 Å². The first-order valence-electron chi connectivity index (χ1n) is 7.49. The summed E-state index contributed by atoms with van der Waals surface area (Å²) in [5.41, 5.74) is -1.39. The number of hydrogen-bond acceptors (Lipinski definition) is 2. The van der Waals surface area contributed by atoms with E-state index in [0.717, 1.165) is 19.0 Å². The van der Waals surface area contributed by atoms with Gasteiger partial charge in [0.05, 0.1) is 17.4 Å². The summed E-state index contributed by atoms with van der Waals surface area (Å²) in [6.07, 6.45) is -1.80. The molecule has 0 saturated heterocycles. The molecule has 1 aliphatic rings. The molecule has 1 aromatic carbocycles. The molecule has 1 saturated carbocycles. The van der Waals surface area contributed by atoms with Crippen LogP contribution in [0.2, 0.25) is 5.02 Å². The number of carbonyl (C=O) groups excluding carboxylic acids is 1. The van der Waals surface area contributed by atoms with E-state index in [1.807, 2.05) is 0 Å². The second-order valence-corrected chi connectivity index (χ2v) is 6.33. The molecule has 0 bridgehead atoms. The highest BCUT2D eigenvalue weighted by molar-refractivity contribution is 6.30. The Labute approximate surface area is 141 Å². The standard InChI is InChI=1S/C16H15ClF3N3O/c1-9(10-2-3-10)22-15(24)13-8-21-23(14(13)16(18,19)20)12-6-4-11(17)5-7-12/h4-10H,2-3H2,1H3,(H,22,24). The van der Waals surface area contributed by atoms with Gasteiger partial charge in [-0.2, -0.15) is 18.3 Å². The molecular formula is C16H15ClF3N3O. The van der Waals surface area contributed by atoms with Crippen molar-refractivity contribution in [2.24, 2.45) is 5.92 Å². The van der Waals surface area contributed by atoms with Crippen LogP contribution in [0.3, 0.4) is 0 Å². The maximum absolute atomic E-state index is 13.5. The molecule has 0 aliphatic heterocycles. The van der Waals surface area contributed by atoms with E-state index in [4.69, 9.17) is 11.6 Å². The highest BCUT2D eigenvalue weighted by Crippen LogP contribution is 2.35. The number of rotatable bonds is 4. The minimum absolute atomic E-state index is 0.155. The fourth-order valence-corrected chi connectivity index (χ4v) is 2.69. The van der Waals surface area contributed by atoms with Crippen LogP contribution in [0, 0.1) is 5.92 Å². The summed E-state index contributed by atoms with van der Waals surface area (Å²) in [5.74, 6) is -0.420. The van der Waals surface area contributed by atoms with Crippen LogP contribution in [0.25, 0.3) is 5.69 Å². The summed E-state index contributed by atoms with van der Waals surface area (Å²) in [7, 11) is 0. The number of hydrogen-bond donors (Lipinski definition) is 1.